The molecule has 2 atom stereocenters. The number of aromatic amines is 1. The van der Waals surface area contributed by atoms with Crippen LogP contribution in [0.25, 0.3) is 0 Å². The van der Waals surface area contributed by atoms with E-state index in [2.05, 4.69) is 31.5 Å². The molecule has 0 saturated heterocycles. The second kappa shape index (κ2) is 17.7. The minimum absolute atomic E-state index is 0. The SMILES string of the molecule is C=CC1=C[C@H](n2cc(C)c(=O)[nH]c2=O)O[C@@H]1CC.[C-]#[O+].[C-]#[O+].[C-]#[O+].[CH3-].[Fe]. The average molecular weight is 403 g/mol. The Balaban J connectivity index is -0.000000275. The second-order valence-electron chi connectivity index (χ2n) is 4.27. The van der Waals surface area contributed by atoms with E-state index in [1.807, 2.05) is 13.0 Å². The minimum atomic E-state index is -0.481. The van der Waals surface area contributed by atoms with Crippen molar-refractivity contribution in [1.82, 2.24) is 9.55 Å². The molecule has 2 heterocycles. The predicted octanol–water partition coefficient (Wildman–Crippen LogP) is 1.60. The van der Waals surface area contributed by atoms with Gasteiger partial charge in [-0.1, -0.05) is 19.6 Å². The van der Waals surface area contributed by atoms with Gasteiger partial charge in [0.15, 0.2) is 6.23 Å². The molecular formula is C17H19FeN2O6-. The molecule has 1 aliphatic rings. The summed E-state index contributed by atoms with van der Waals surface area (Å²) in [5, 5.41) is 0. The van der Waals surface area contributed by atoms with Crippen LogP contribution in [0.15, 0.2) is 40.1 Å². The fraction of sp³-hybridized carbons (Fsp3) is 0.294. The standard InChI is InChI=1S/C13H16N2O3.3CO.CH3.Fe/c1-4-9-6-11(18-10(9)5-2)15-7-8(3)12(16)14-13(15)17;3*1-2;;/h4,6-7,10-11H,1,5H2,2-3H3,(H,14,16,17);;;;1H3;/q;;;;-1;/t10-,11-;;;;;/m1...../s1. The summed E-state index contributed by atoms with van der Waals surface area (Å²) in [6, 6.07) is 0. The van der Waals surface area contributed by atoms with Crippen LogP contribution in [-0.2, 0) is 35.8 Å². The summed E-state index contributed by atoms with van der Waals surface area (Å²) in [7, 11) is 0. The summed E-state index contributed by atoms with van der Waals surface area (Å²) in [6.45, 7) is 20.9. The van der Waals surface area contributed by atoms with Crippen molar-refractivity contribution in [3.8, 4) is 0 Å². The Morgan fingerprint density at radius 2 is 1.77 bits per heavy atom. The van der Waals surface area contributed by atoms with Crippen LogP contribution < -0.4 is 11.2 Å². The summed E-state index contributed by atoms with van der Waals surface area (Å²) in [6.07, 6.45) is 5.38. The van der Waals surface area contributed by atoms with Crippen molar-refractivity contribution in [2.24, 2.45) is 0 Å². The molecule has 0 fully saturated rings. The fourth-order valence-corrected chi connectivity index (χ4v) is 2.01. The maximum absolute atomic E-state index is 11.7. The van der Waals surface area contributed by atoms with E-state index < -0.39 is 11.9 Å². The van der Waals surface area contributed by atoms with E-state index in [0.717, 1.165) is 12.0 Å². The zero-order valence-corrected chi connectivity index (χ0v) is 15.7. The molecule has 1 aromatic heterocycles. The fourth-order valence-electron chi connectivity index (χ4n) is 2.01. The van der Waals surface area contributed by atoms with E-state index in [1.165, 1.54) is 10.8 Å². The van der Waals surface area contributed by atoms with Crippen LogP contribution in [0.5, 0.6) is 0 Å². The molecule has 8 nitrogen and oxygen atoms in total. The monoisotopic (exact) mass is 403 g/mol. The zero-order chi connectivity index (χ0) is 19.3. The van der Waals surface area contributed by atoms with Gasteiger partial charge < -0.3 is 12.2 Å². The summed E-state index contributed by atoms with van der Waals surface area (Å²) in [4.78, 5) is 25.3. The molecular weight excluding hydrogens is 384 g/mol. The Labute approximate surface area is 162 Å². The van der Waals surface area contributed by atoms with E-state index >= 15 is 0 Å². The van der Waals surface area contributed by atoms with Crippen LogP contribution >= 0.6 is 0 Å². The molecule has 2 rings (SSSR count). The van der Waals surface area contributed by atoms with Crippen molar-refractivity contribution in [3.63, 3.8) is 0 Å². The molecule has 0 bridgehead atoms. The molecule has 0 spiro atoms. The normalized spacial score (nSPS) is 16.1. The minimum Gasteiger partial charge on any atom is -0.358 e. The van der Waals surface area contributed by atoms with Gasteiger partial charge >= 0.3 is 39.6 Å². The second-order valence-corrected chi connectivity index (χ2v) is 4.27. The van der Waals surface area contributed by atoms with Gasteiger partial charge in [0.25, 0.3) is 5.56 Å². The number of aromatic nitrogens is 2. The summed E-state index contributed by atoms with van der Waals surface area (Å²) in [5.41, 5.74) is 0.617. The smallest absolute Gasteiger partial charge is 0 e. The van der Waals surface area contributed by atoms with Crippen LogP contribution in [0.3, 0.4) is 0 Å². The van der Waals surface area contributed by atoms with Crippen LogP contribution in [0.1, 0.15) is 25.1 Å². The number of nitrogens with zero attached hydrogens (tertiary/aromatic N) is 1. The Morgan fingerprint density at radius 1 is 1.27 bits per heavy atom. The third-order valence-corrected chi connectivity index (χ3v) is 3.04. The third-order valence-electron chi connectivity index (χ3n) is 3.04. The quantitative estimate of drug-likeness (QED) is 0.468. The summed E-state index contributed by atoms with van der Waals surface area (Å²) in [5.74, 6) is 0. The molecule has 0 radical (unpaired) electrons. The Kier molecular flexibility index (Phi) is 21.5. The first-order chi connectivity index (χ1) is 11.6. The van der Waals surface area contributed by atoms with Gasteiger partial charge in [-0.3, -0.25) is 14.3 Å². The van der Waals surface area contributed by atoms with Crippen LogP contribution in [0.4, 0.5) is 0 Å². The summed E-state index contributed by atoms with van der Waals surface area (Å²) < 4.78 is 29.6. The van der Waals surface area contributed by atoms with E-state index in [-0.39, 0.29) is 36.2 Å². The molecule has 142 valence electrons. The molecule has 1 aliphatic heterocycles. The third kappa shape index (κ3) is 8.30. The van der Waals surface area contributed by atoms with Crippen molar-refractivity contribution < 1.29 is 35.8 Å². The Bertz CT molecular complexity index is 728. The Hall–Kier alpha value is -2.14. The Morgan fingerprint density at radius 3 is 2.15 bits per heavy atom. The number of hydrogen-bond donors (Lipinski definition) is 1. The van der Waals surface area contributed by atoms with Crippen LogP contribution in [-0.4, -0.2) is 15.7 Å². The van der Waals surface area contributed by atoms with Crippen molar-refractivity contribution in [1.29, 1.82) is 0 Å². The van der Waals surface area contributed by atoms with Crippen molar-refractivity contribution in [3.05, 3.63) is 84.3 Å². The molecule has 1 aromatic rings. The van der Waals surface area contributed by atoms with Crippen molar-refractivity contribution in [2.45, 2.75) is 32.6 Å². The maximum atomic E-state index is 11.7. The molecule has 9 heteroatoms. The van der Waals surface area contributed by atoms with Gasteiger partial charge in [-0.05, 0) is 25.0 Å². The van der Waals surface area contributed by atoms with Crippen molar-refractivity contribution >= 4 is 0 Å². The number of ether oxygens (including phenoxy) is 1. The molecule has 0 unspecified atom stereocenters. The molecule has 26 heavy (non-hydrogen) atoms. The van der Waals surface area contributed by atoms with Crippen molar-refractivity contribution in [2.75, 3.05) is 0 Å². The van der Waals surface area contributed by atoms with Gasteiger partial charge in [-0.2, -0.15) is 0 Å². The van der Waals surface area contributed by atoms with Gasteiger partial charge in [0.05, 0.1) is 6.10 Å². The number of hydrogen-bond acceptors (Lipinski definition) is 3. The van der Waals surface area contributed by atoms with Crippen LogP contribution in [0, 0.1) is 34.3 Å². The number of aryl methyl sites for hydroxylation is 1. The van der Waals surface area contributed by atoms with E-state index in [1.54, 1.807) is 13.0 Å². The van der Waals surface area contributed by atoms with Gasteiger partial charge in [-0.15, -0.1) is 0 Å². The topological polar surface area (TPSA) is 124 Å². The van der Waals surface area contributed by atoms with Gasteiger partial charge in [-0.25, -0.2) is 4.79 Å². The average Bonchev–Trinajstić information content (AvgIpc) is 3.06. The first kappa shape index (κ1) is 31.6. The molecule has 0 amide bonds. The van der Waals surface area contributed by atoms with Gasteiger partial charge in [0.2, 0.25) is 0 Å². The number of H-pyrrole nitrogens is 1. The maximum Gasteiger partial charge on any atom is 0 e. The van der Waals surface area contributed by atoms with Crippen LogP contribution in [0.2, 0.25) is 0 Å². The zero-order valence-electron chi connectivity index (χ0n) is 14.6. The number of nitrogens with one attached hydrogen (secondary N) is 1. The molecule has 1 N–H and O–H groups in total. The molecule has 0 saturated carbocycles. The molecule has 0 aliphatic carbocycles. The largest absolute Gasteiger partial charge is 0.358 e. The van der Waals surface area contributed by atoms with E-state index in [0.29, 0.717) is 5.56 Å². The van der Waals surface area contributed by atoms with Gasteiger partial charge in [0.1, 0.15) is 0 Å². The molecule has 0 aromatic carbocycles. The van der Waals surface area contributed by atoms with Gasteiger partial charge in [0, 0.05) is 28.8 Å². The first-order valence-corrected chi connectivity index (χ1v) is 6.49. The van der Waals surface area contributed by atoms with E-state index in [9.17, 15) is 9.59 Å². The number of rotatable bonds is 3. The first-order valence-electron chi connectivity index (χ1n) is 6.49. The summed E-state index contributed by atoms with van der Waals surface area (Å²) >= 11 is 0. The van der Waals surface area contributed by atoms with E-state index in [4.69, 9.17) is 18.7 Å². The predicted molar refractivity (Wildman–Crippen MR) is 86.7 cm³/mol.